The summed E-state index contributed by atoms with van der Waals surface area (Å²) in [5, 5.41) is 15.1. The van der Waals surface area contributed by atoms with Gasteiger partial charge in [-0.05, 0) is 22.7 Å². The molecule has 0 saturated heterocycles. The Morgan fingerprint density at radius 2 is 2.13 bits per heavy atom. The van der Waals surface area contributed by atoms with Gasteiger partial charge in [-0.15, -0.1) is 0 Å². The van der Waals surface area contributed by atoms with Crippen LogP contribution in [0.2, 0.25) is 0 Å². The molecule has 0 fully saturated rings. The van der Waals surface area contributed by atoms with Gasteiger partial charge in [0.2, 0.25) is 0 Å². The summed E-state index contributed by atoms with van der Waals surface area (Å²) in [6, 6.07) is 0. The summed E-state index contributed by atoms with van der Waals surface area (Å²) in [7, 11) is 0. The molecule has 15 heavy (non-hydrogen) atoms. The van der Waals surface area contributed by atoms with E-state index in [2.05, 4.69) is 41.9 Å². The van der Waals surface area contributed by atoms with Gasteiger partial charge in [-0.2, -0.15) is 4.68 Å². The van der Waals surface area contributed by atoms with Crippen molar-refractivity contribution in [3.8, 4) is 0 Å². The lowest BCUT2D eigenvalue weighted by Gasteiger charge is -1.96. The third kappa shape index (κ3) is 3.86. The van der Waals surface area contributed by atoms with Crippen LogP contribution in [0.1, 0.15) is 19.3 Å². The smallest absolute Gasteiger partial charge is 0.390 e. The molecule has 6 nitrogen and oxygen atoms in total. The maximum atomic E-state index is 10.4. The van der Waals surface area contributed by atoms with Crippen molar-refractivity contribution in [2.24, 2.45) is 0 Å². The number of aromatic nitrogens is 3. The van der Waals surface area contributed by atoms with E-state index in [0.29, 0.717) is 11.3 Å². The molecule has 0 aliphatic carbocycles. The number of nitrogens with zero attached hydrogens (tertiary/aromatic N) is 4. The van der Waals surface area contributed by atoms with Crippen LogP contribution < -0.4 is 0 Å². The minimum Gasteiger partial charge on any atom is -0.390 e. The van der Waals surface area contributed by atoms with Gasteiger partial charge in [-0.1, -0.05) is 22.4 Å². The Morgan fingerprint density at radius 1 is 1.40 bits per heavy atom. The minimum absolute atomic E-state index is 0.359. The van der Waals surface area contributed by atoms with Crippen LogP contribution in [0.3, 0.4) is 0 Å². The Kier molecular flexibility index (Phi) is 5.16. The summed E-state index contributed by atoms with van der Waals surface area (Å²) in [4.78, 5) is 13.5. The third-order valence-corrected chi connectivity index (χ3v) is 2.93. The van der Waals surface area contributed by atoms with Crippen LogP contribution in [0.4, 0.5) is 5.95 Å². The first kappa shape index (κ1) is 12.6. The number of hydrogen-bond acceptors (Lipinski definition) is 4. The van der Waals surface area contributed by atoms with Crippen molar-refractivity contribution in [2.75, 3.05) is 5.33 Å². The lowest BCUT2D eigenvalue weighted by molar-refractivity contribution is -0.394. The van der Waals surface area contributed by atoms with Crippen LogP contribution in [0.15, 0.2) is 4.73 Å². The molecule has 1 aromatic rings. The predicted molar refractivity (Wildman–Crippen MR) is 62.0 cm³/mol. The number of halogens is 2. The molecule has 0 radical (unpaired) electrons. The van der Waals surface area contributed by atoms with E-state index in [9.17, 15) is 10.1 Å². The molecule has 0 unspecified atom stereocenters. The van der Waals surface area contributed by atoms with Crippen LogP contribution >= 0.6 is 31.9 Å². The fourth-order valence-corrected chi connectivity index (χ4v) is 1.88. The summed E-state index contributed by atoms with van der Waals surface area (Å²) in [6.45, 7) is 0.647. The third-order valence-electron chi connectivity index (χ3n) is 1.78. The van der Waals surface area contributed by atoms with E-state index in [-0.39, 0.29) is 5.95 Å². The fourth-order valence-electron chi connectivity index (χ4n) is 1.06. The van der Waals surface area contributed by atoms with Crippen molar-refractivity contribution in [3.63, 3.8) is 0 Å². The van der Waals surface area contributed by atoms with Crippen molar-refractivity contribution in [1.82, 2.24) is 14.8 Å². The van der Waals surface area contributed by atoms with Crippen LogP contribution in [-0.2, 0) is 6.54 Å². The van der Waals surface area contributed by atoms with E-state index in [1.54, 1.807) is 0 Å². The Balaban J connectivity index is 2.50. The molecule has 0 aliphatic heterocycles. The average Bonchev–Trinajstić information content (AvgIpc) is 2.55. The highest BCUT2D eigenvalue weighted by Crippen LogP contribution is 2.13. The van der Waals surface area contributed by atoms with Gasteiger partial charge in [0.05, 0.1) is 6.54 Å². The molecule has 1 rings (SSSR count). The maximum absolute atomic E-state index is 10.4. The normalized spacial score (nSPS) is 10.5. The molecule has 0 spiro atoms. The highest BCUT2D eigenvalue weighted by Gasteiger charge is 2.18. The SMILES string of the molecule is O=[N+]([O-])c1nc(Br)n(CCCCCBr)n1. The van der Waals surface area contributed by atoms with Crippen molar-refractivity contribution in [3.05, 3.63) is 14.8 Å². The van der Waals surface area contributed by atoms with Crippen molar-refractivity contribution in [1.29, 1.82) is 0 Å². The molecule has 1 heterocycles. The Hall–Kier alpha value is -0.500. The second-order valence-corrected chi connectivity index (χ2v) is 4.41. The molecular formula is C7H10Br2N4O2. The quantitative estimate of drug-likeness (QED) is 0.345. The summed E-state index contributed by atoms with van der Waals surface area (Å²) in [5.74, 6) is -0.359. The van der Waals surface area contributed by atoms with Crippen molar-refractivity contribution in [2.45, 2.75) is 25.8 Å². The second kappa shape index (κ2) is 6.16. The molecule has 0 N–H and O–H groups in total. The van der Waals surface area contributed by atoms with Crippen LogP contribution in [-0.4, -0.2) is 25.0 Å². The molecule has 8 heteroatoms. The minimum atomic E-state index is -0.597. The lowest BCUT2D eigenvalue weighted by Crippen LogP contribution is -2.01. The molecule has 0 atom stereocenters. The summed E-state index contributed by atoms with van der Waals surface area (Å²) in [5.41, 5.74) is 0. The number of alkyl halides is 1. The average molecular weight is 342 g/mol. The second-order valence-electron chi connectivity index (χ2n) is 2.91. The van der Waals surface area contributed by atoms with E-state index < -0.39 is 4.92 Å². The van der Waals surface area contributed by atoms with Gasteiger partial charge in [0.15, 0.2) is 0 Å². The highest BCUT2D eigenvalue weighted by atomic mass is 79.9. The monoisotopic (exact) mass is 340 g/mol. The van der Waals surface area contributed by atoms with Crippen molar-refractivity contribution >= 4 is 37.8 Å². The molecule has 0 aromatic carbocycles. The molecule has 0 amide bonds. The summed E-state index contributed by atoms with van der Waals surface area (Å²) in [6.07, 6.45) is 3.09. The van der Waals surface area contributed by atoms with Gasteiger partial charge in [-0.3, -0.25) is 0 Å². The van der Waals surface area contributed by atoms with E-state index in [1.165, 1.54) is 4.68 Å². The summed E-state index contributed by atoms with van der Waals surface area (Å²) >= 11 is 6.47. The Morgan fingerprint density at radius 3 is 2.67 bits per heavy atom. The molecule has 0 saturated carbocycles. The number of unbranched alkanes of at least 4 members (excludes halogenated alkanes) is 2. The predicted octanol–water partition coefficient (Wildman–Crippen LogP) is 2.51. The fraction of sp³-hybridized carbons (Fsp3) is 0.714. The maximum Gasteiger partial charge on any atom is 0.492 e. The first-order valence-electron chi connectivity index (χ1n) is 4.46. The largest absolute Gasteiger partial charge is 0.492 e. The molecule has 84 valence electrons. The van der Waals surface area contributed by atoms with E-state index in [4.69, 9.17) is 0 Å². The Labute approximate surface area is 103 Å². The lowest BCUT2D eigenvalue weighted by atomic mass is 10.2. The van der Waals surface area contributed by atoms with Crippen LogP contribution in [0, 0.1) is 10.1 Å². The van der Waals surface area contributed by atoms with Gasteiger partial charge >= 0.3 is 5.95 Å². The number of hydrogen-bond donors (Lipinski definition) is 0. The van der Waals surface area contributed by atoms with Gasteiger partial charge < -0.3 is 10.1 Å². The van der Waals surface area contributed by atoms with Gasteiger partial charge in [-0.25, -0.2) is 0 Å². The zero-order valence-electron chi connectivity index (χ0n) is 7.90. The van der Waals surface area contributed by atoms with Gasteiger partial charge in [0.25, 0.3) is 4.73 Å². The molecule has 0 aliphatic rings. The zero-order valence-corrected chi connectivity index (χ0v) is 11.1. The van der Waals surface area contributed by atoms with Gasteiger partial charge in [0.1, 0.15) is 0 Å². The van der Waals surface area contributed by atoms with E-state index >= 15 is 0 Å². The summed E-state index contributed by atoms with van der Waals surface area (Å²) < 4.78 is 1.92. The topological polar surface area (TPSA) is 73.8 Å². The first-order chi connectivity index (χ1) is 7.15. The molecular weight excluding hydrogens is 332 g/mol. The number of aryl methyl sites for hydroxylation is 1. The van der Waals surface area contributed by atoms with Crippen LogP contribution in [0.5, 0.6) is 0 Å². The standard InChI is InChI=1S/C7H10Br2N4O2/c8-4-2-1-3-5-12-6(9)10-7(11-12)13(14)15/h1-5H2. The number of nitro groups is 1. The van der Waals surface area contributed by atoms with Gasteiger partial charge in [0, 0.05) is 26.4 Å². The van der Waals surface area contributed by atoms with Crippen LogP contribution in [0.25, 0.3) is 0 Å². The molecule has 1 aromatic heterocycles. The van der Waals surface area contributed by atoms with E-state index in [1.807, 2.05) is 0 Å². The zero-order chi connectivity index (χ0) is 11.3. The number of rotatable bonds is 6. The van der Waals surface area contributed by atoms with Crippen molar-refractivity contribution < 1.29 is 4.92 Å². The first-order valence-corrected chi connectivity index (χ1v) is 6.37. The molecule has 0 bridgehead atoms. The Bertz CT molecular complexity index is 342. The highest BCUT2D eigenvalue weighted by molar-refractivity contribution is 9.10. The van der Waals surface area contributed by atoms with E-state index in [0.717, 1.165) is 24.6 Å².